The van der Waals surface area contributed by atoms with Crippen molar-refractivity contribution in [3.8, 4) is 33.6 Å². The van der Waals surface area contributed by atoms with Gasteiger partial charge in [-0.15, -0.1) is 0 Å². The van der Waals surface area contributed by atoms with Crippen molar-refractivity contribution in [2.75, 3.05) is 0 Å². The molecule has 3 aromatic heterocycles. The Kier molecular flexibility index (Phi) is 7.09. The first-order chi connectivity index (χ1) is 29.1. The van der Waals surface area contributed by atoms with E-state index in [9.17, 15) is 0 Å². The molecule has 0 spiro atoms. The van der Waals surface area contributed by atoms with E-state index < -0.39 is 0 Å². The Hall–Kier alpha value is -6.84. The number of furan rings is 1. The van der Waals surface area contributed by atoms with E-state index in [1.54, 1.807) is 0 Å². The maximum Gasteiger partial charge on any atom is 0.137 e. The van der Waals surface area contributed by atoms with E-state index in [4.69, 9.17) is 4.42 Å². The molecule has 3 heteroatoms. The molecule has 0 saturated carbocycles. The van der Waals surface area contributed by atoms with Crippen molar-refractivity contribution in [1.29, 1.82) is 0 Å². The lowest BCUT2D eigenvalue weighted by Gasteiger charge is -2.44. The van der Waals surface area contributed by atoms with Gasteiger partial charge in [-0.05, 0) is 111 Å². The highest BCUT2D eigenvalue weighted by atomic mass is 16.3. The molecule has 0 saturated heterocycles. The topological polar surface area (TPSA) is 23.0 Å². The Bertz CT molecular complexity index is 3530. The predicted molar refractivity (Wildman–Crippen MR) is 253 cm³/mol. The molecule has 0 atom stereocenters. The Morgan fingerprint density at radius 1 is 0.367 bits per heavy atom. The van der Waals surface area contributed by atoms with Gasteiger partial charge in [0.2, 0.25) is 0 Å². The Balaban J connectivity index is 1.16. The Labute approximate surface area is 350 Å². The molecule has 11 aromatic rings. The van der Waals surface area contributed by atoms with Crippen molar-refractivity contribution in [1.82, 2.24) is 9.13 Å². The van der Waals surface area contributed by atoms with Crippen LogP contribution < -0.4 is 0 Å². The first kappa shape index (κ1) is 35.1. The van der Waals surface area contributed by atoms with Gasteiger partial charge >= 0.3 is 0 Å². The van der Waals surface area contributed by atoms with Crippen LogP contribution in [-0.4, -0.2) is 9.13 Å². The molecule has 0 radical (unpaired) electrons. The number of hydrogen-bond acceptors (Lipinski definition) is 1. The third-order valence-corrected chi connectivity index (χ3v) is 15.2. The zero-order chi connectivity index (χ0) is 40.7. The molecule has 1 aliphatic carbocycles. The summed E-state index contributed by atoms with van der Waals surface area (Å²) in [5.41, 5.74) is 16.6. The molecule has 12 rings (SSSR count). The van der Waals surface area contributed by atoms with E-state index in [1.165, 1.54) is 82.7 Å². The van der Waals surface area contributed by atoms with E-state index in [0.717, 1.165) is 27.6 Å². The summed E-state index contributed by atoms with van der Waals surface area (Å²) < 4.78 is 11.3. The summed E-state index contributed by atoms with van der Waals surface area (Å²) in [7, 11) is 0. The molecule has 0 fully saturated rings. The number of aromatic nitrogens is 2. The summed E-state index contributed by atoms with van der Waals surface area (Å²) >= 11 is 0. The summed E-state index contributed by atoms with van der Waals surface area (Å²) in [5, 5.41) is 7.26. The number of fused-ring (bicyclic) bond motifs is 10. The van der Waals surface area contributed by atoms with Gasteiger partial charge in [0.15, 0.2) is 0 Å². The molecule has 3 heterocycles. The van der Waals surface area contributed by atoms with Crippen LogP contribution in [0.15, 0.2) is 174 Å². The second-order valence-electron chi connectivity index (χ2n) is 18.5. The maximum atomic E-state index is 6.40. The SMILES string of the molecule is CC1(C)c2cc(-c3ccc4c(c3)c3ccccc3n4-c3cccc4oc5ccccc5c34)c(-c3ccccc3-n3c4ccccc4c4ccccc43)cc2C(C)(C)C1(C)C. The van der Waals surface area contributed by atoms with Gasteiger partial charge in [0.25, 0.3) is 0 Å². The fourth-order valence-corrected chi connectivity index (χ4v) is 11.0. The predicted octanol–water partition coefficient (Wildman–Crippen LogP) is 15.7. The molecule has 290 valence electrons. The van der Waals surface area contributed by atoms with Crippen LogP contribution in [0.2, 0.25) is 0 Å². The molecule has 8 aromatic carbocycles. The van der Waals surface area contributed by atoms with E-state index in [-0.39, 0.29) is 16.2 Å². The lowest BCUT2D eigenvalue weighted by molar-refractivity contribution is 0.125. The van der Waals surface area contributed by atoms with E-state index in [2.05, 4.69) is 214 Å². The molecule has 3 nitrogen and oxygen atoms in total. The van der Waals surface area contributed by atoms with Crippen molar-refractivity contribution in [3.05, 3.63) is 181 Å². The van der Waals surface area contributed by atoms with Crippen LogP contribution in [-0.2, 0) is 10.8 Å². The summed E-state index contributed by atoms with van der Waals surface area (Å²) in [5.74, 6) is 0. The fourth-order valence-electron chi connectivity index (χ4n) is 11.0. The average molecular weight is 775 g/mol. The Morgan fingerprint density at radius 3 is 1.52 bits per heavy atom. The first-order valence-corrected chi connectivity index (χ1v) is 21.3. The normalized spacial score (nSPS) is 15.6. The van der Waals surface area contributed by atoms with Crippen LogP contribution in [0.25, 0.3) is 99.2 Å². The van der Waals surface area contributed by atoms with Crippen molar-refractivity contribution >= 4 is 65.6 Å². The van der Waals surface area contributed by atoms with Crippen LogP contribution in [0.4, 0.5) is 0 Å². The monoisotopic (exact) mass is 774 g/mol. The van der Waals surface area contributed by atoms with Crippen LogP contribution in [0.3, 0.4) is 0 Å². The first-order valence-electron chi connectivity index (χ1n) is 21.3. The molecule has 0 unspecified atom stereocenters. The quantitative estimate of drug-likeness (QED) is 0.175. The van der Waals surface area contributed by atoms with E-state index >= 15 is 0 Å². The Morgan fingerprint density at radius 2 is 0.850 bits per heavy atom. The highest BCUT2D eigenvalue weighted by Crippen LogP contribution is 2.63. The lowest BCUT2D eigenvalue weighted by atomic mass is 9.59. The van der Waals surface area contributed by atoms with Gasteiger partial charge in [-0.25, -0.2) is 0 Å². The zero-order valence-corrected chi connectivity index (χ0v) is 35.0. The van der Waals surface area contributed by atoms with E-state index in [0.29, 0.717) is 0 Å². The van der Waals surface area contributed by atoms with Gasteiger partial charge in [-0.1, -0.05) is 145 Å². The lowest BCUT2D eigenvalue weighted by Crippen LogP contribution is -2.42. The number of rotatable bonds is 4. The fraction of sp³-hybridized carbons (Fsp3) is 0.158. The second-order valence-corrected chi connectivity index (χ2v) is 18.5. The van der Waals surface area contributed by atoms with Crippen molar-refractivity contribution < 1.29 is 4.42 Å². The number of hydrogen-bond donors (Lipinski definition) is 0. The third kappa shape index (κ3) is 4.50. The smallest absolute Gasteiger partial charge is 0.137 e. The number of benzene rings is 8. The van der Waals surface area contributed by atoms with Gasteiger partial charge in [0.05, 0.1) is 38.8 Å². The van der Waals surface area contributed by atoms with Crippen LogP contribution in [0.1, 0.15) is 52.7 Å². The molecule has 0 amide bonds. The standard InChI is InChI=1S/C57H46N2O/c1-55(2)44-33-41(35-30-31-50-43(32-35)39-21-10-15-26-49(39)59(50)51-27-17-29-53-54(51)40-22-11-16-28-52(40)60-53)42(34-45(44)56(3,4)57(55,5)6)38-20-9-14-25-48(38)58-46-23-12-7-18-36(46)37-19-8-13-24-47(37)58/h7-34H,1-6H3. The van der Waals surface area contributed by atoms with Crippen LogP contribution >= 0.6 is 0 Å². The minimum atomic E-state index is -0.0590. The van der Waals surface area contributed by atoms with Crippen molar-refractivity contribution in [2.45, 2.75) is 52.4 Å². The van der Waals surface area contributed by atoms with Gasteiger partial charge in [0, 0.05) is 32.5 Å². The van der Waals surface area contributed by atoms with E-state index in [1.807, 2.05) is 6.07 Å². The van der Waals surface area contributed by atoms with Gasteiger partial charge in [-0.3, -0.25) is 0 Å². The largest absolute Gasteiger partial charge is 0.456 e. The maximum absolute atomic E-state index is 6.40. The molecule has 0 aliphatic heterocycles. The average Bonchev–Trinajstić information content (AvgIpc) is 3.95. The minimum absolute atomic E-state index is 0.0141. The molecule has 60 heavy (non-hydrogen) atoms. The molecule has 0 bridgehead atoms. The zero-order valence-electron chi connectivity index (χ0n) is 35.0. The van der Waals surface area contributed by atoms with Crippen molar-refractivity contribution in [3.63, 3.8) is 0 Å². The van der Waals surface area contributed by atoms with Gasteiger partial charge in [-0.2, -0.15) is 0 Å². The molecular formula is C57H46N2O. The van der Waals surface area contributed by atoms with Gasteiger partial charge < -0.3 is 13.6 Å². The summed E-state index contributed by atoms with van der Waals surface area (Å²) in [6.45, 7) is 14.7. The molecular weight excluding hydrogens is 729 g/mol. The van der Waals surface area contributed by atoms with Crippen molar-refractivity contribution in [2.24, 2.45) is 5.41 Å². The number of para-hydroxylation sites is 5. The minimum Gasteiger partial charge on any atom is -0.456 e. The molecule has 1 aliphatic rings. The van der Waals surface area contributed by atoms with Crippen LogP contribution in [0.5, 0.6) is 0 Å². The van der Waals surface area contributed by atoms with Gasteiger partial charge in [0.1, 0.15) is 11.2 Å². The summed E-state index contributed by atoms with van der Waals surface area (Å²) in [6, 6.07) is 62.7. The summed E-state index contributed by atoms with van der Waals surface area (Å²) in [4.78, 5) is 0. The summed E-state index contributed by atoms with van der Waals surface area (Å²) in [6.07, 6.45) is 0. The molecule has 0 N–H and O–H groups in total. The second kappa shape index (κ2) is 12.1. The van der Waals surface area contributed by atoms with Crippen LogP contribution in [0, 0.1) is 5.41 Å². The number of nitrogens with zero attached hydrogens (tertiary/aromatic N) is 2. The third-order valence-electron chi connectivity index (χ3n) is 15.2. The highest BCUT2D eigenvalue weighted by Gasteiger charge is 2.57. The highest BCUT2D eigenvalue weighted by molar-refractivity contribution is 6.15.